The van der Waals surface area contributed by atoms with Crippen LogP contribution in [0.25, 0.3) is 0 Å². The number of carbonyl (C=O) groups excluding carboxylic acids is 1. The predicted molar refractivity (Wildman–Crippen MR) is 80.9 cm³/mol. The van der Waals surface area contributed by atoms with Crippen molar-refractivity contribution < 1.29 is 9.53 Å². The molecule has 0 aromatic heterocycles. The maximum atomic E-state index is 11.8. The summed E-state index contributed by atoms with van der Waals surface area (Å²) in [6.07, 6.45) is 0. The molecule has 0 bridgehead atoms. The fourth-order valence-electron chi connectivity index (χ4n) is 1.93. The van der Waals surface area contributed by atoms with Gasteiger partial charge in [-0.2, -0.15) is 0 Å². The lowest BCUT2D eigenvalue weighted by Crippen LogP contribution is -2.20. The van der Waals surface area contributed by atoms with E-state index in [0.717, 1.165) is 16.8 Å². The lowest BCUT2D eigenvalue weighted by molar-refractivity contribution is -0.118. The molecule has 0 aliphatic heterocycles. The summed E-state index contributed by atoms with van der Waals surface area (Å²) in [7, 11) is 0. The van der Waals surface area contributed by atoms with Crippen LogP contribution in [0.3, 0.4) is 0 Å². The molecule has 0 aliphatic carbocycles. The summed E-state index contributed by atoms with van der Waals surface area (Å²) in [5.41, 5.74) is 9.12. The second-order valence-corrected chi connectivity index (χ2v) is 4.70. The molecule has 2 rings (SSSR count). The quantitative estimate of drug-likeness (QED) is 0.840. The molecule has 4 heteroatoms. The van der Waals surface area contributed by atoms with Crippen molar-refractivity contribution in [1.29, 1.82) is 0 Å². The lowest BCUT2D eigenvalue weighted by atomic mass is 10.2. The Morgan fingerprint density at radius 1 is 1.20 bits per heavy atom. The molecule has 2 aromatic rings. The van der Waals surface area contributed by atoms with Gasteiger partial charge >= 0.3 is 0 Å². The molecular formula is C16H18N2O2. The van der Waals surface area contributed by atoms with Crippen LogP contribution in [0.5, 0.6) is 5.75 Å². The van der Waals surface area contributed by atoms with E-state index >= 15 is 0 Å². The molecule has 0 aliphatic rings. The number of benzene rings is 2. The van der Waals surface area contributed by atoms with Gasteiger partial charge in [-0.1, -0.05) is 24.3 Å². The van der Waals surface area contributed by atoms with E-state index in [0.29, 0.717) is 11.4 Å². The molecule has 0 radical (unpaired) electrons. The van der Waals surface area contributed by atoms with E-state index < -0.39 is 0 Å². The molecule has 0 spiro atoms. The first kappa shape index (κ1) is 13.9. The standard InChI is InChI=1S/C16H18N2O2/c1-11-5-3-7-13(9-11)18-15(19)10-20-16-12(2)6-4-8-14(16)17/h3-9H,10,17H2,1-2H3,(H,18,19). The summed E-state index contributed by atoms with van der Waals surface area (Å²) in [5.74, 6) is 0.352. The molecule has 2 aromatic carbocycles. The number of amides is 1. The minimum atomic E-state index is -0.210. The van der Waals surface area contributed by atoms with Crippen molar-refractivity contribution in [2.45, 2.75) is 13.8 Å². The Kier molecular flexibility index (Phi) is 4.25. The van der Waals surface area contributed by atoms with Crippen molar-refractivity contribution >= 4 is 17.3 Å². The number of rotatable bonds is 4. The van der Waals surface area contributed by atoms with E-state index in [1.54, 1.807) is 6.07 Å². The van der Waals surface area contributed by atoms with E-state index in [1.807, 2.05) is 50.2 Å². The van der Waals surface area contributed by atoms with Crippen LogP contribution in [0.1, 0.15) is 11.1 Å². The highest BCUT2D eigenvalue weighted by Gasteiger charge is 2.08. The largest absolute Gasteiger partial charge is 0.481 e. The average molecular weight is 270 g/mol. The summed E-state index contributed by atoms with van der Waals surface area (Å²) in [6.45, 7) is 3.80. The highest BCUT2D eigenvalue weighted by atomic mass is 16.5. The zero-order valence-electron chi connectivity index (χ0n) is 11.6. The maximum absolute atomic E-state index is 11.8. The van der Waals surface area contributed by atoms with Gasteiger partial charge in [0.15, 0.2) is 6.61 Å². The first-order valence-corrected chi connectivity index (χ1v) is 6.40. The first-order valence-electron chi connectivity index (χ1n) is 6.40. The average Bonchev–Trinajstić information content (AvgIpc) is 2.38. The molecule has 0 heterocycles. The van der Waals surface area contributed by atoms with Crippen molar-refractivity contribution in [2.24, 2.45) is 0 Å². The smallest absolute Gasteiger partial charge is 0.262 e. The lowest BCUT2D eigenvalue weighted by Gasteiger charge is -2.11. The van der Waals surface area contributed by atoms with Crippen LogP contribution in [0.4, 0.5) is 11.4 Å². The van der Waals surface area contributed by atoms with Gasteiger partial charge in [0.1, 0.15) is 5.75 Å². The van der Waals surface area contributed by atoms with Gasteiger partial charge in [0.25, 0.3) is 5.91 Å². The van der Waals surface area contributed by atoms with Gasteiger partial charge < -0.3 is 15.8 Å². The monoisotopic (exact) mass is 270 g/mol. The number of carbonyl (C=O) groups is 1. The van der Waals surface area contributed by atoms with Crippen LogP contribution in [0.2, 0.25) is 0 Å². The summed E-state index contributed by atoms with van der Waals surface area (Å²) < 4.78 is 5.49. The van der Waals surface area contributed by atoms with Crippen LogP contribution in [0, 0.1) is 13.8 Å². The summed E-state index contributed by atoms with van der Waals surface area (Å²) in [6, 6.07) is 13.1. The number of nitrogen functional groups attached to an aromatic ring is 1. The van der Waals surface area contributed by atoms with E-state index in [1.165, 1.54) is 0 Å². The number of nitrogens with one attached hydrogen (secondary N) is 1. The molecule has 0 fully saturated rings. The number of ether oxygens (including phenoxy) is 1. The number of para-hydroxylation sites is 1. The molecule has 0 saturated heterocycles. The molecule has 0 atom stereocenters. The highest BCUT2D eigenvalue weighted by Crippen LogP contribution is 2.25. The van der Waals surface area contributed by atoms with Crippen LogP contribution in [-0.2, 0) is 4.79 Å². The minimum absolute atomic E-state index is 0.0665. The molecule has 0 unspecified atom stereocenters. The van der Waals surface area contributed by atoms with Crippen molar-refractivity contribution in [2.75, 3.05) is 17.7 Å². The van der Waals surface area contributed by atoms with Crippen molar-refractivity contribution in [3.63, 3.8) is 0 Å². The summed E-state index contributed by atoms with van der Waals surface area (Å²) in [4.78, 5) is 11.8. The van der Waals surface area contributed by atoms with Crippen LogP contribution in [-0.4, -0.2) is 12.5 Å². The van der Waals surface area contributed by atoms with Crippen LogP contribution >= 0.6 is 0 Å². The third-order valence-electron chi connectivity index (χ3n) is 2.89. The van der Waals surface area contributed by atoms with E-state index in [-0.39, 0.29) is 12.5 Å². The molecule has 4 nitrogen and oxygen atoms in total. The number of nitrogens with two attached hydrogens (primary N) is 1. The molecule has 3 N–H and O–H groups in total. The van der Waals surface area contributed by atoms with Gasteiger partial charge in [-0.05, 0) is 43.2 Å². The fourth-order valence-corrected chi connectivity index (χ4v) is 1.93. The second kappa shape index (κ2) is 6.10. The number of hydrogen-bond acceptors (Lipinski definition) is 3. The van der Waals surface area contributed by atoms with Crippen molar-refractivity contribution in [3.8, 4) is 5.75 Å². The highest BCUT2D eigenvalue weighted by molar-refractivity contribution is 5.92. The summed E-state index contributed by atoms with van der Waals surface area (Å²) in [5, 5.41) is 2.79. The van der Waals surface area contributed by atoms with Crippen molar-refractivity contribution in [1.82, 2.24) is 0 Å². The van der Waals surface area contributed by atoms with Gasteiger partial charge in [-0.25, -0.2) is 0 Å². The van der Waals surface area contributed by atoms with Gasteiger partial charge in [0.05, 0.1) is 5.69 Å². The topological polar surface area (TPSA) is 64.3 Å². The number of anilines is 2. The number of aryl methyl sites for hydroxylation is 2. The van der Waals surface area contributed by atoms with Crippen LogP contribution in [0.15, 0.2) is 42.5 Å². The Balaban J connectivity index is 1.96. The molecule has 20 heavy (non-hydrogen) atoms. The zero-order valence-corrected chi connectivity index (χ0v) is 11.6. The SMILES string of the molecule is Cc1cccc(NC(=O)COc2c(C)cccc2N)c1. The predicted octanol–water partition coefficient (Wildman–Crippen LogP) is 2.90. The Bertz CT molecular complexity index is 603. The van der Waals surface area contributed by atoms with Gasteiger partial charge in [-0.15, -0.1) is 0 Å². The third-order valence-corrected chi connectivity index (χ3v) is 2.89. The summed E-state index contributed by atoms with van der Waals surface area (Å²) >= 11 is 0. The molecular weight excluding hydrogens is 252 g/mol. The van der Waals surface area contributed by atoms with Crippen LogP contribution < -0.4 is 15.8 Å². The van der Waals surface area contributed by atoms with E-state index in [9.17, 15) is 4.79 Å². The third kappa shape index (κ3) is 3.51. The molecule has 0 saturated carbocycles. The maximum Gasteiger partial charge on any atom is 0.262 e. The fraction of sp³-hybridized carbons (Fsp3) is 0.188. The van der Waals surface area contributed by atoms with Gasteiger partial charge in [0, 0.05) is 5.69 Å². The van der Waals surface area contributed by atoms with E-state index in [2.05, 4.69) is 5.32 Å². The minimum Gasteiger partial charge on any atom is -0.481 e. The Labute approximate surface area is 118 Å². The van der Waals surface area contributed by atoms with Gasteiger partial charge in [-0.3, -0.25) is 4.79 Å². The Morgan fingerprint density at radius 2 is 1.95 bits per heavy atom. The van der Waals surface area contributed by atoms with Crippen molar-refractivity contribution in [3.05, 3.63) is 53.6 Å². The normalized spacial score (nSPS) is 10.1. The first-order chi connectivity index (χ1) is 9.56. The second-order valence-electron chi connectivity index (χ2n) is 4.70. The number of hydrogen-bond donors (Lipinski definition) is 2. The Morgan fingerprint density at radius 3 is 2.65 bits per heavy atom. The van der Waals surface area contributed by atoms with Gasteiger partial charge in [0.2, 0.25) is 0 Å². The zero-order chi connectivity index (χ0) is 14.5. The molecule has 104 valence electrons. The Hall–Kier alpha value is -2.49. The van der Waals surface area contributed by atoms with E-state index in [4.69, 9.17) is 10.5 Å². The molecule has 1 amide bonds.